The number of amides is 2. The van der Waals surface area contributed by atoms with E-state index in [0.717, 1.165) is 11.1 Å². The van der Waals surface area contributed by atoms with Gasteiger partial charge in [0.2, 0.25) is 5.91 Å². The van der Waals surface area contributed by atoms with Crippen LogP contribution in [-0.2, 0) is 11.2 Å². The molecule has 1 heterocycles. The topological polar surface area (TPSA) is 83.1 Å². The molecule has 3 aromatic carbocycles. The number of hydrogen-bond acceptors (Lipinski definition) is 4. The monoisotopic (exact) mass is 508 g/mol. The molecule has 1 aromatic heterocycles. The molecule has 0 aliphatic heterocycles. The summed E-state index contributed by atoms with van der Waals surface area (Å²) >= 11 is 17.0. The van der Waals surface area contributed by atoms with E-state index in [0.29, 0.717) is 32.2 Å². The number of aromatic nitrogens is 1. The van der Waals surface area contributed by atoms with E-state index in [2.05, 4.69) is 21.2 Å². The minimum atomic E-state index is -0.432. The van der Waals surface area contributed by atoms with E-state index in [9.17, 15) is 9.59 Å². The summed E-state index contributed by atoms with van der Waals surface area (Å²) in [6.45, 7) is 0. The molecular weight excluding hydrogens is 491 g/mol. The average Bonchev–Trinajstić information content (AvgIpc) is 2.84. The van der Waals surface area contributed by atoms with Crippen molar-refractivity contribution in [3.05, 3.63) is 100 Å². The lowest BCUT2D eigenvalue weighted by molar-refractivity contribution is -0.121. The van der Waals surface area contributed by atoms with Crippen LogP contribution in [0.1, 0.15) is 15.9 Å². The Morgan fingerprint density at radius 2 is 1.50 bits per heavy atom. The minimum absolute atomic E-state index is 0.0385. The Kier molecular flexibility index (Phi) is 7.37. The van der Waals surface area contributed by atoms with Gasteiger partial charge in [-0.2, -0.15) is 0 Å². The Bertz CT molecular complexity index is 1380. The van der Waals surface area contributed by atoms with E-state index in [1.54, 1.807) is 42.5 Å². The molecule has 0 fully saturated rings. The predicted molar refractivity (Wildman–Crippen MR) is 139 cm³/mol. The Morgan fingerprint density at radius 1 is 0.853 bits per heavy atom. The smallest absolute Gasteiger partial charge is 0.258 e. The molecule has 3 N–H and O–H groups in total. The average molecular weight is 509 g/mol. The van der Waals surface area contributed by atoms with Gasteiger partial charge in [0.25, 0.3) is 5.91 Å². The van der Waals surface area contributed by atoms with E-state index in [-0.39, 0.29) is 17.4 Å². The van der Waals surface area contributed by atoms with E-state index in [4.69, 9.17) is 35.4 Å². The number of carbonyl (C=O) groups is 2. The van der Waals surface area contributed by atoms with Crippen molar-refractivity contribution in [1.29, 1.82) is 0 Å². The van der Waals surface area contributed by atoms with Gasteiger partial charge in [-0.25, -0.2) is 4.98 Å². The van der Waals surface area contributed by atoms with Gasteiger partial charge in [0.1, 0.15) is 0 Å². The summed E-state index contributed by atoms with van der Waals surface area (Å²) in [4.78, 5) is 29.9. The number of hydrogen-bond donors (Lipinski definition) is 3. The first-order valence-electron chi connectivity index (χ1n) is 10.2. The molecule has 34 heavy (non-hydrogen) atoms. The second kappa shape index (κ2) is 10.6. The molecule has 0 aliphatic rings. The number of thiocarbonyl (C=S) groups is 1. The quantitative estimate of drug-likeness (QED) is 0.264. The van der Waals surface area contributed by atoms with Gasteiger partial charge in [0.05, 0.1) is 23.2 Å². The highest BCUT2D eigenvalue weighted by Crippen LogP contribution is 2.26. The van der Waals surface area contributed by atoms with Crippen molar-refractivity contribution in [2.24, 2.45) is 0 Å². The van der Waals surface area contributed by atoms with Crippen molar-refractivity contribution in [3.8, 4) is 11.3 Å². The standard InChI is InChI=1S/C25H18Cl2N4O2S/c26-17-9-5-15(6-10-17)13-23(32)30-31-25(34)29-24(33)20-14-22(16-7-11-18(27)12-8-16)28-21-4-2-1-3-19(20)21/h1-12,14H,13H2,(H,30,32)(H2,29,31,33,34). The molecular formula is C25H18Cl2N4O2S. The van der Waals surface area contributed by atoms with Crippen molar-refractivity contribution in [3.63, 3.8) is 0 Å². The van der Waals surface area contributed by atoms with Gasteiger partial charge in [-0.15, -0.1) is 0 Å². The van der Waals surface area contributed by atoms with Crippen LogP contribution in [0.2, 0.25) is 10.0 Å². The zero-order chi connectivity index (χ0) is 24.1. The van der Waals surface area contributed by atoms with Crippen LogP contribution in [0.15, 0.2) is 78.9 Å². The highest BCUT2D eigenvalue weighted by atomic mass is 35.5. The van der Waals surface area contributed by atoms with Crippen molar-refractivity contribution in [2.75, 3.05) is 0 Å². The van der Waals surface area contributed by atoms with Gasteiger partial charge in [-0.1, -0.05) is 65.7 Å². The van der Waals surface area contributed by atoms with Crippen LogP contribution in [-0.4, -0.2) is 21.9 Å². The maximum absolute atomic E-state index is 13.1. The van der Waals surface area contributed by atoms with Gasteiger partial charge in [-0.3, -0.25) is 25.8 Å². The van der Waals surface area contributed by atoms with Crippen molar-refractivity contribution >= 4 is 63.2 Å². The summed E-state index contributed by atoms with van der Waals surface area (Å²) < 4.78 is 0. The lowest BCUT2D eigenvalue weighted by Gasteiger charge is -2.13. The molecule has 0 radical (unpaired) electrons. The fourth-order valence-corrected chi connectivity index (χ4v) is 3.69. The fraction of sp³-hybridized carbons (Fsp3) is 0.0400. The molecule has 6 nitrogen and oxygen atoms in total. The Morgan fingerprint density at radius 3 is 2.21 bits per heavy atom. The molecule has 0 saturated heterocycles. The molecule has 4 aromatic rings. The Labute approximate surface area is 211 Å². The second-order valence-electron chi connectivity index (χ2n) is 7.34. The van der Waals surface area contributed by atoms with Gasteiger partial charge in [0, 0.05) is 21.0 Å². The molecule has 0 spiro atoms. The number of fused-ring (bicyclic) bond motifs is 1. The predicted octanol–water partition coefficient (Wildman–Crippen LogP) is 5.09. The first kappa shape index (κ1) is 23.6. The third-order valence-corrected chi connectivity index (χ3v) is 5.63. The maximum atomic E-state index is 13.1. The number of nitrogens with zero attached hydrogens (tertiary/aromatic N) is 1. The zero-order valence-corrected chi connectivity index (χ0v) is 20.0. The number of nitrogens with one attached hydrogen (secondary N) is 3. The zero-order valence-electron chi connectivity index (χ0n) is 17.6. The van der Waals surface area contributed by atoms with E-state index in [1.165, 1.54) is 0 Å². The van der Waals surface area contributed by atoms with Gasteiger partial charge < -0.3 is 0 Å². The third-order valence-electron chi connectivity index (χ3n) is 4.92. The lowest BCUT2D eigenvalue weighted by Crippen LogP contribution is -2.48. The first-order chi connectivity index (χ1) is 16.4. The second-order valence-corrected chi connectivity index (χ2v) is 8.62. The van der Waals surface area contributed by atoms with Crippen molar-refractivity contribution < 1.29 is 9.59 Å². The Hall–Kier alpha value is -3.52. The number of hydrazine groups is 1. The number of pyridine rings is 1. The van der Waals surface area contributed by atoms with Crippen LogP contribution in [0.3, 0.4) is 0 Å². The van der Waals surface area contributed by atoms with Crippen LogP contribution in [0.4, 0.5) is 0 Å². The maximum Gasteiger partial charge on any atom is 0.258 e. The largest absolute Gasteiger partial charge is 0.298 e. The summed E-state index contributed by atoms with van der Waals surface area (Å²) in [7, 11) is 0. The lowest BCUT2D eigenvalue weighted by atomic mass is 10.0. The highest BCUT2D eigenvalue weighted by Gasteiger charge is 2.15. The molecule has 4 rings (SSSR count). The molecule has 0 atom stereocenters. The molecule has 0 bridgehead atoms. The van der Waals surface area contributed by atoms with Gasteiger partial charge in [0.15, 0.2) is 5.11 Å². The molecule has 2 amide bonds. The summed E-state index contributed by atoms with van der Waals surface area (Å²) in [6, 6.07) is 23.2. The SMILES string of the molecule is O=C(Cc1ccc(Cl)cc1)NNC(=S)NC(=O)c1cc(-c2ccc(Cl)cc2)nc2ccccc12. The van der Waals surface area contributed by atoms with Crippen LogP contribution in [0.25, 0.3) is 22.2 Å². The summed E-state index contributed by atoms with van der Waals surface area (Å²) in [6.07, 6.45) is 0.125. The molecule has 0 unspecified atom stereocenters. The highest BCUT2D eigenvalue weighted by molar-refractivity contribution is 7.80. The Balaban J connectivity index is 1.46. The third kappa shape index (κ3) is 5.88. The van der Waals surface area contributed by atoms with Crippen molar-refractivity contribution in [1.82, 2.24) is 21.2 Å². The van der Waals surface area contributed by atoms with Crippen molar-refractivity contribution in [2.45, 2.75) is 6.42 Å². The number of carbonyl (C=O) groups excluding carboxylic acids is 2. The van der Waals surface area contributed by atoms with Crippen LogP contribution in [0, 0.1) is 0 Å². The van der Waals surface area contributed by atoms with Crippen LogP contribution >= 0.6 is 35.4 Å². The van der Waals surface area contributed by atoms with E-state index in [1.807, 2.05) is 36.4 Å². The summed E-state index contributed by atoms with van der Waals surface area (Å²) in [5.74, 6) is -0.753. The van der Waals surface area contributed by atoms with E-state index < -0.39 is 5.91 Å². The summed E-state index contributed by atoms with van der Waals surface area (Å²) in [5, 5.41) is 4.44. The van der Waals surface area contributed by atoms with Crippen LogP contribution in [0.5, 0.6) is 0 Å². The number of benzene rings is 3. The minimum Gasteiger partial charge on any atom is -0.298 e. The molecule has 170 valence electrons. The first-order valence-corrected chi connectivity index (χ1v) is 11.4. The number of rotatable bonds is 4. The molecule has 0 saturated carbocycles. The summed E-state index contributed by atoms with van der Waals surface area (Å²) in [5.41, 5.74) is 8.32. The van der Waals surface area contributed by atoms with E-state index >= 15 is 0 Å². The molecule has 9 heteroatoms. The van der Waals surface area contributed by atoms with Gasteiger partial charge in [-0.05, 0) is 54.2 Å². The normalized spacial score (nSPS) is 10.5. The number of para-hydroxylation sites is 1. The number of halogens is 2. The molecule has 0 aliphatic carbocycles. The fourth-order valence-electron chi connectivity index (χ4n) is 3.29. The van der Waals surface area contributed by atoms with Gasteiger partial charge >= 0.3 is 0 Å². The van der Waals surface area contributed by atoms with Crippen LogP contribution < -0.4 is 16.2 Å².